The van der Waals surface area contributed by atoms with Crippen LogP contribution in [-0.2, 0) is 0 Å². The van der Waals surface area contributed by atoms with E-state index in [-0.39, 0.29) is 11.7 Å². The molecule has 0 fully saturated rings. The van der Waals surface area contributed by atoms with E-state index < -0.39 is 0 Å². The Morgan fingerprint density at radius 1 is 1.11 bits per heavy atom. The number of phenolic OH excluding ortho intramolecular Hbond substituents is 1. The van der Waals surface area contributed by atoms with Crippen LogP contribution in [0.1, 0.15) is 21.5 Å². The van der Waals surface area contributed by atoms with Crippen molar-refractivity contribution in [3.63, 3.8) is 0 Å². The van der Waals surface area contributed by atoms with Crippen LogP contribution in [0.25, 0.3) is 0 Å². The number of halogens is 1. The van der Waals surface area contributed by atoms with Gasteiger partial charge in [-0.15, -0.1) is 0 Å². The number of rotatable bonds is 2. The van der Waals surface area contributed by atoms with E-state index in [0.717, 1.165) is 15.6 Å². The zero-order chi connectivity index (χ0) is 14.0. The third-order valence-corrected chi connectivity index (χ3v) is 3.46. The summed E-state index contributed by atoms with van der Waals surface area (Å²) in [5, 5.41) is 12.5. The van der Waals surface area contributed by atoms with Crippen LogP contribution < -0.4 is 5.32 Å². The van der Waals surface area contributed by atoms with E-state index in [0.29, 0.717) is 11.3 Å². The van der Waals surface area contributed by atoms with E-state index in [2.05, 4.69) is 21.2 Å². The van der Waals surface area contributed by atoms with Gasteiger partial charge in [0.05, 0.1) is 11.3 Å². The summed E-state index contributed by atoms with van der Waals surface area (Å²) in [5.74, 6) is -0.188. The summed E-state index contributed by atoms with van der Waals surface area (Å²) in [5.41, 5.74) is 2.89. The molecule has 0 unspecified atom stereocenters. The summed E-state index contributed by atoms with van der Waals surface area (Å²) in [4.78, 5) is 12.2. The highest BCUT2D eigenvalue weighted by atomic mass is 79.9. The largest absolute Gasteiger partial charge is 0.506 e. The highest BCUT2D eigenvalue weighted by Crippen LogP contribution is 2.26. The number of phenols is 1. The number of hydrogen-bond acceptors (Lipinski definition) is 2. The summed E-state index contributed by atoms with van der Waals surface area (Å²) in [6.07, 6.45) is 0. The number of carbonyl (C=O) groups is 1. The molecule has 0 saturated heterocycles. The van der Waals surface area contributed by atoms with Gasteiger partial charge in [0.1, 0.15) is 5.75 Å². The van der Waals surface area contributed by atoms with Gasteiger partial charge >= 0.3 is 0 Å². The molecule has 4 heteroatoms. The molecule has 3 nitrogen and oxygen atoms in total. The fraction of sp³-hybridized carbons (Fsp3) is 0.133. The lowest BCUT2D eigenvalue weighted by atomic mass is 10.1. The monoisotopic (exact) mass is 319 g/mol. The second-order valence-electron chi connectivity index (χ2n) is 4.46. The molecule has 2 rings (SSSR count). The summed E-state index contributed by atoms with van der Waals surface area (Å²) in [6, 6.07) is 10.7. The van der Waals surface area contributed by atoms with E-state index in [4.69, 9.17) is 0 Å². The molecule has 0 heterocycles. The number of nitrogens with one attached hydrogen (secondary N) is 1. The number of benzene rings is 2. The molecule has 1 amide bonds. The Kier molecular flexibility index (Phi) is 3.90. The number of aromatic hydroxyl groups is 1. The van der Waals surface area contributed by atoms with Gasteiger partial charge in [-0.1, -0.05) is 17.7 Å². The molecule has 0 aliphatic carbocycles. The maximum absolute atomic E-state index is 12.2. The van der Waals surface area contributed by atoms with Crippen molar-refractivity contribution in [3.8, 4) is 5.75 Å². The van der Waals surface area contributed by atoms with Crippen LogP contribution in [0, 0.1) is 13.8 Å². The number of aryl methyl sites for hydroxylation is 2. The summed E-state index contributed by atoms with van der Waals surface area (Å²) in [7, 11) is 0. The minimum absolute atomic E-state index is 0.0668. The average Bonchev–Trinajstić information content (AvgIpc) is 2.35. The summed E-state index contributed by atoms with van der Waals surface area (Å²) in [6.45, 7) is 3.80. The second-order valence-corrected chi connectivity index (χ2v) is 5.31. The van der Waals surface area contributed by atoms with Crippen LogP contribution in [0.4, 0.5) is 5.69 Å². The van der Waals surface area contributed by atoms with Crippen molar-refractivity contribution in [2.24, 2.45) is 0 Å². The molecule has 0 atom stereocenters. The fourth-order valence-corrected chi connectivity index (χ4v) is 2.18. The molecule has 19 heavy (non-hydrogen) atoms. The van der Waals surface area contributed by atoms with Crippen molar-refractivity contribution in [1.82, 2.24) is 0 Å². The molecule has 2 N–H and O–H groups in total. The predicted octanol–water partition coefficient (Wildman–Crippen LogP) is 4.02. The quantitative estimate of drug-likeness (QED) is 0.821. The third kappa shape index (κ3) is 3.15. The molecule has 0 aliphatic heterocycles. The lowest BCUT2D eigenvalue weighted by molar-refractivity contribution is 0.102. The van der Waals surface area contributed by atoms with Gasteiger partial charge in [0.25, 0.3) is 5.91 Å². The van der Waals surface area contributed by atoms with Crippen LogP contribution in [0.15, 0.2) is 40.9 Å². The van der Waals surface area contributed by atoms with E-state index in [1.165, 1.54) is 0 Å². The zero-order valence-corrected chi connectivity index (χ0v) is 12.3. The number of carbonyl (C=O) groups excluding carboxylic acids is 1. The van der Waals surface area contributed by atoms with E-state index in [1.54, 1.807) is 18.2 Å². The maximum atomic E-state index is 12.2. The summed E-state index contributed by atoms with van der Waals surface area (Å²) < 4.78 is 0.724. The smallest absolute Gasteiger partial charge is 0.256 e. The van der Waals surface area contributed by atoms with Crippen molar-refractivity contribution in [2.45, 2.75) is 13.8 Å². The van der Waals surface area contributed by atoms with Gasteiger partial charge in [0, 0.05) is 4.47 Å². The molecule has 2 aromatic carbocycles. The van der Waals surface area contributed by atoms with E-state index in [1.807, 2.05) is 32.0 Å². The minimum atomic E-state index is -0.255. The normalized spacial score (nSPS) is 10.3. The van der Waals surface area contributed by atoms with Crippen LogP contribution in [0.3, 0.4) is 0 Å². The maximum Gasteiger partial charge on any atom is 0.256 e. The molecule has 0 radical (unpaired) electrons. The molecule has 0 bridgehead atoms. The minimum Gasteiger partial charge on any atom is -0.506 e. The third-order valence-electron chi connectivity index (χ3n) is 2.77. The lowest BCUT2D eigenvalue weighted by Crippen LogP contribution is -2.13. The van der Waals surface area contributed by atoms with Gasteiger partial charge in [-0.05, 0) is 59.6 Å². The van der Waals surface area contributed by atoms with Crippen molar-refractivity contribution in [1.29, 1.82) is 0 Å². The first-order valence-corrected chi connectivity index (χ1v) is 6.64. The Labute approximate surface area is 120 Å². The van der Waals surface area contributed by atoms with Crippen LogP contribution in [0.2, 0.25) is 0 Å². The highest BCUT2D eigenvalue weighted by molar-refractivity contribution is 9.10. The number of hydrogen-bond donors (Lipinski definition) is 2. The first-order valence-electron chi connectivity index (χ1n) is 5.84. The Bertz CT molecular complexity index is 638. The van der Waals surface area contributed by atoms with Gasteiger partial charge in [0.2, 0.25) is 0 Å². The fourth-order valence-electron chi connectivity index (χ4n) is 1.75. The molecule has 2 aromatic rings. The van der Waals surface area contributed by atoms with Gasteiger partial charge in [-0.3, -0.25) is 4.79 Å². The van der Waals surface area contributed by atoms with E-state index >= 15 is 0 Å². The molecular weight excluding hydrogens is 306 g/mol. The Morgan fingerprint density at radius 2 is 1.74 bits per heavy atom. The van der Waals surface area contributed by atoms with Gasteiger partial charge in [-0.25, -0.2) is 0 Å². The van der Waals surface area contributed by atoms with Gasteiger partial charge in [0.15, 0.2) is 0 Å². The van der Waals surface area contributed by atoms with Crippen LogP contribution in [-0.4, -0.2) is 11.0 Å². The van der Waals surface area contributed by atoms with E-state index in [9.17, 15) is 9.90 Å². The molecule has 0 aromatic heterocycles. The highest BCUT2D eigenvalue weighted by Gasteiger charge is 2.12. The first-order chi connectivity index (χ1) is 8.97. The number of amides is 1. The first kappa shape index (κ1) is 13.6. The summed E-state index contributed by atoms with van der Waals surface area (Å²) >= 11 is 3.35. The molecule has 0 aliphatic rings. The van der Waals surface area contributed by atoms with Gasteiger partial charge in [-0.2, -0.15) is 0 Å². The number of anilines is 1. The second kappa shape index (κ2) is 5.45. The zero-order valence-electron chi connectivity index (χ0n) is 10.7. The lowest BCUT2D eigenvalue weighted by Gasteiger charge is -2.09. The van der Waals surface area contributed by atoms with Gasteiger partial charge < -0.3 is 10.4 Å². The Balaban J connectivity index is 2.28. The molecule has 98 valence electrons. The Hall–Kier alpha value is -1.81. The standard InChI is InChI=1S/C15H14BrNO2/c1-9-3-5-12(16)11(7-9)15(19)17-13-6-4-10(2)8-14(13)18/h3-8,18H,1-2H3,(H,17,19). The Morgan fingerprint density at radius 3 is 2.42 bits per heavy atom. The van der Waals surface area contributed by atoms with Crippen molar-refractivity contribution in [3.05, 3.63) is 57.6 Å². The topological polar surface area (TPSA) is 49.3 Å². The van der Waals surface area contributed by atoms with Crippen molar-refractivity contribution >= 4 is 27.5 Å². The molecule has 0 saturated carbocycles. The molecule has 0 spiro atoms. The van der Waals surface area contributed by atoms with Crippen LogP contribution >= 0.6 is 15.9 Å². The molecular formula is C15H14BrNO2. The van der Waals surface area contributed by atoms with Crippen molar-refractivity contribution < 1.29 is 9.90 Å². The van der Waals surface area contributed by atoms with Crippen molar-refractivity contribution in [2.75, 3.05) is 5.32 Å². The van der Waals surface area contributed by atoms with Crippen LogP contribution in [0.5, 0.6) is 5.75 Å². The average molecular weight is 320 g/mol. The SMILES string of the molecule is Cc1ccc(NC(=O)c2cc(C)ccc2Br)c(O)c1. The predicted molar refractivity (Wildman–Crippen MR) is 79.7 cm³/mol.